The Morgan fingerprint density at radius 3 is 2.63 bits per heavy atom. The number of aromatic nitrogens is 3. The second kappa shape index (κ2) is 8.26. The van der Waals surface area contributed by atoms with Gasteiger partial charge in [0.05, 0.1) is 24.9 Å². The van der Waals surface area contributed by atoms with Gasteiger partial charge in [0.15, 0.2) is 0 Å². The van der Waals surface area contributed by atoms with Gasteiger partial charge >= 0.3 is 0 Å². The van der Waals surface area contributed by atoms with E-state index in [0.29, 0.717) is 5.91 Å². The number of amides is 1. The standard InChI is InChI=1S/C22H27N5O2S/c1-29-18-9-7-16(8-10-18)19-15-27-21(23-19)30-22(24-27)26-13-5-6-17(14-26)20(28)25-11-3-2-4-12-25/h7-10,15,17H,2-6,11-14H2,1H3/t17-/m1/s1. The third-order valence-corrected chi connectivity index (χ3v) is 7.11. The summed E-state index contributed by atoms with van der Waals surface area (Å²) in [5, 5.41) is 5.73. The van der Waals surface area contributed by atoms with Gasteiger partial charge in [-0.25, -0.2) is 9.50 Å². The molecule has 3 aromatic rings. The normalized spacial score (nSPS) is 20.0. The molecule has 0 saturated carbocycles. The molecule has 2 aliphatic rings. The van der Waals surface area contributed by atoms with Gasteiger partial charge in [-0.3, -0.25) is 4.79 Å². The highest BCUT2D eigenvalue weighted by molar-refractivity contribution is 7.20. The van der Waals surface area contributed by atoms with E-state index in [0.717, 1.165) is 79.0 Å². The zero-order chi connectivity index (χ0) is 20.5. The molecule has 0 unspecified atom stereocenters. The Bertz CT molecular complexity index is 991. The smallest absolute Gasteiger partial charge is 0.227 e. The Hall–Kier alpha value is -2.61. The lowest BCUT2D eigenvalue weighted by atomic mass is 9.96. The molecule has 1 aromatic carbocycles. The largest absolute Gasteiger partial charge is 0.497 e. The fourth-order valence-electron chi connectivity index (χ4n) is 4.44. The minimum absolute atomic E-state index is 0.0860. The van der Waals surface area contributed by atoms with Crippen LogP contribution in [0.1, 0.15) is 32.1 Å². The molecular formula is C22H27N5O2S. The van der Waals surface area contributed by atoms with E-state index in [1.54, 1.807) is 18.4 Å². The molecule has 7 nitrogen and oxygen atoms in total. The molecule has 1 atom stereocenters. The summed E-state index contributed by atoms with van der Waals surface area (Å²) in [5.41, 5.74) is 1.94. The average Bonchev–Trinajstić information content (AvgIpc) is 3.39. The van der Waals surface area contributed by atoms with E-state index in [1.807, 2.05) is 35.0 Å². The molecule has 4 heterocycles. The molecule has 0 radical (unpaired) electrons. The van der Waals surface area contributed by atoms with Crippen LogP contribution >= 0.6 is 11.3 Å². The van der Waals surface area contributed by atoms with Crippen LogP contribution in [0.3, 0.4) is 0 Å². The topological polar surface area (TPSA) is 63.0 Å². The number of piperidine rings is 2. The van der Waals surface area contributed by atoms with Crippen molar-refractivity contribution in [3.05, 3.63) is 30.5 Å². The van der Waals surface area contributed by atoms with Gasteiger partial charge < -0.3 is 14.5 Å². The third kappa shape index (κ3) is 3.76. The summed E-state index contributed by atoms with van der Waals surface area (Å²) >= 11 is 1.59. The maximum atomic E-state index is 13.0. The van der Waals surface area contributed by atoms with E-state index >= 15 is 0 Å². The number of fused-ring (bicyclic) bond motifs is 1. The van der Waals surface area contributed by atoms with Gasteiger partial charge in [-0.05, 0) is 56.4 Å². The predicted molar refractivity (Wildman–Crippen MR) is 118 cm³/mol. The lowest BCUT2D eigenvalue weighted by Gasteiger charge is -2.36. The number of rotatable bonds is 4. The monoisotopic (exact) mass is 425 g/mol. The molecule has 5 rings (SSSR count). The predicted octanol–water partition coefficient (Wildman–Crippen LogP) is 3.70. The van der Waals surface area contributed by atoms with E-state index in [4.69, 9.17) is 14.8 Å². The third-order valence-electron chi connectivity index (χ3n) is 6.13. The van der Waals surface area contributed by atoms with Gasteiger partial charge in [0, 0.05) is 31.7 Å². The van der Waals surface area contributed by atoms with Crippen LogP contribution in [-0.2, 0) is 4.79 Å². The van der Waals surface area contributed by atoms with Crippen LogP contribution in [0.5, 0.6) is 5.75 Å². The first-order chi connectivity index (χ1) is 14.7. The number of carbonyl (C=O) groups is 1. The summed E-state index contributed by atoms with van der Waals surface area (Å²) in [6.07, 6.45) is 7.51. The van der Waals surface area contributed by atoms with Crippen molar-refractivity contribution in [1.29, 1.82) is 0 Å². The summed E-state index contributed by atoms with van der Waals surface area (Å²) in [7, 11) is 1.66. The average molecular weight is 426 g/mol. The molecule has 1 amide bonds. The highest BCUT2D eigenvalue weighted by atomic mass is 32.1. The molecular weight excluding hydrogens is 398 g/mol. The minimum Gasteiger partial charge on any atom is -0.497 e. The van der Waals surface area contributed by atoms with E-state index < -0.39 is 0 Å². The lowest BCUT2D eigenvalue weighted by molar-refractivity contribution is -0.136. The zero-order valence-electron chi connectivity index (χ0n) is 17.3. The van der Waals surface area contributed by atoms with E-state index in [1.165, 1.54) is 6.42 Å². The summed E-state index contributed by atoms with van der Waals surface area (Å²) in [4.78, 5) is 22.9. The summed E-state index contributed by atoms with van der Waals surface area (Å²) < 4.78 is 7.08. The number of hydrogen-bond acceptors (Lipinski definition) is 6. The second-order valence-electron chi connectivity index (χ2n) is 8.14. The Balaban J connectivity index is 1.30. The van der Waals surface area contributed by atoms with Gasteiger partial charge in [-0.1, -0.05) is 11.3 Å². The van der Waals surface area contributed by atoms with Crippen LogP contribution in [-0.4, -0.2) is 58.7 Å². The lowest BCUT2D eigenvalue weighted by Crippen LogP contribution is -2.46. The number of carbonyl (C=O) groups excluding carboxylic acids is 1. The Morgan fingerprint density at radius 1 is 1.10 bits per heavy atom. The summed E-state index contributed by atoms with van der Waals surface area (Å²) in [6.45, 7) is 3.56. The molecule has 0 aliphatic carbocycles. The zero-order valence-corrected chi connectivity index (χ0v) is 18.1. The van der Waals surface area contributed by atoms with Crippen LogP contribution in [0.15, 0.2) is 30.5 Å². The number of ether oxygens (including phenoxy) is 1. The van der Waals surface area contributed by atoms with Crippen LogP contribution in [0.4, 0.5) is 5.13 Å². The molecule has 0 N–H and O–H groups in total. The van der Waals surface area contributed by atoms with Gasteiger partial charge in [0.2, 0.25) is 16.0 Å². The first-order valence-electron chi connectivity index (χ1n) is 10.8. The molecule has 2 fully saturated rings. The number of likely N-dealkylation sites (tertiary alicyclic amines) is 1. The van der Waals surface area contributed by atoms with Crippen molar-refractivity contribution in [2.45, 2.75) is 32.1 Å². The van der Waals surface area contributed by atoms with Crippen LogP contribution < -0.4 is 9.64 Å². The van der Waals surface area contributed by atoms with Gasteiger partial charge in [-0.15, -0.1) is 5.10 Å². The number of hydrogen-bond donors (Lipinski definition) is 0. The van der Waals surface area contributed by atoms with Gasteiger partial charge in [-0.2, -0.15) is 0 Å². The first kappa shape index (κ1) is 19.4. The van der Waals surface area contributed by atoms with Crippen molar-refractivity contribution in [3.8, 4) is 17.0 Å². The van der Waals surface area contributed by atoms with Crippen LogP contribution in [0.25, 0.3) is 16.2 Å². The SMILES string of the molecule is COc1ccc(-c2cn3nc(N4CCC[C@@H](C(=O)N5CCCCC5)C4)sc3n2)cc1. The van der Waals surface area contributed by atoms with Crippen molar-refractivity contribution in [2.24, 2.45) is 5.92 Å². The number of methoxy groups -OCH3 is 1. The van der Waals surface area contributed by atoms with Crippen molar-refractivity contribution >= 4 is 27.3 Å². The molecule has 30 heavy (non-hydrogen) atoms. The molecule has 0 bridgehead atoms. The Kier molecular flexibility index (Phi) is 5.33. The van der Waals surface area contributed by atoms with Gasteiger partial charge in [0.1, 0.15) is 5.75 Å². The van der Waals surface area contributed by atoms with Crippen LogP contribution in [0, 0.1) is 5.92 Å². The number of benzene rings is 1. The fourth-order valence-corrected chi connectivity index (χ4v) is 5.36. The van der Waals surface area contributed by atoms with Crippen molar-refractivity contribution in [1.82, 2.24) is 19.5 Å². The van der Waals surface area contributed by atoms with Crippen molar-refractivity contribution < 1.29 is 9.53 Å². The maximum Gasteiger partial charge on any atom is 0.227 e. The van der Waals surface area contributed by atoms with E-state index in [9.17, 15) is 4.79 Å². The Labute approximate surface area is 180 Å². The molecule has 158 valence electrons. The fraction of sp³-hybridized carbons (Fsp3) is 0.500. The van der Waals surface area contributed by atoms with Gasteiger partial charge in [0.25, 0.3) is 0 Å². The maximum absolute atomic E-state index is 13.0. The minimum atomic E-state index is 0.0860. The number of imidazole rings is 1. The number of anilines is 1. The highest BCUT2D eigenvalue weighted by Crippen LogP contribution is 2.31. The van der Waals surface area contributed by atoms with Crippen molar-refractivity contribution in [3.63, 3.8) is 0 Å². The molecule has 2 aliphatic heterocycles. The molecule has 8 heteroatoms. The Morgan fingerprint density at radius 2 is 1.90 bits per heavy atom. The number of nitrogens with zero attached hydrogens (tertiary/aromatic N) is 5. The van der Waals surface area contributed by atoms with E-state index in [-0.39, 0.29) is 5.92 Å². The molecule has 2 aromatic heterocycles. The van der Waals surface area contributed by atoms with Crippen molar-refractivity contribution in [2.75, 3.05) is 38.2 Å². The van der Waals surface area contributed by atoms with Crippen LogP contribution in [0.2, 0.25) is 0 Å². The summed E-state index contributed by atoms with van der Waals surface area (Å²) in [6, 6.07) is 7.89. The van der Waals surface area contributed by atoms with E-state index in [2.05, 4.69) is 9.80 Å². The second-order valence-corrected chi connectivity index (χ2v) is 9.07. The summed E-state index contributed by atoms with van der Waals surface area (Å²) in [5.74, 6) is 1.25. The first-order valence-corrected chi connectivity index (χ1v) is 11.6. The molecule has 2 saturated heterocycles. The quantitative estimate of drug-likeness (QED) is 0.638. The molecule has 0 spiro atoms. The highest BCUT2D eigenvalue weighted by Gasteiger charge is 2.31.